The van der Waals surface area contributed by atoms with Gasteiger partial charge in [0.1, 0.15) is 19.5 Å². The normalized spacial score (nSPS) is 12.7. The van der Waals surface area contributed by atoms with Crippen LogP contribution in [0.1, 0.15) is 33.6 Å². The summed E-state index contributed by atoms with van der Waals surface area (Å²) in [5.41, 5.74) is 0.929. The molecule has 0 aliphatic carbocycles. The highest BCUT2D eigenvalue weighted by Gasteiger charge is 2.16. The van der Waals surface area contributed by atoms with Gasteiger partial charge in [-0.15, -0.1) is 0 Å². The molecule has 6 heteroatoms. The second-order valence-electron chi connectivity index (χ2n) is 4.83. The first-order valence-corrected chi connectivity index (χ1v) is 6.95. The highest BCUT2D eigenvalue weighted by atomic mass is 16.6. The lowest BCUT2D eigenvalue weighted by molar-refractivity contribution is 0.0916. The van der Waals surface area contributed by atoms with Crippen LogP contribution in [0, 0.1) is 0 Å². The van der Waals surface area contributed by atoms with Crippen LogP contribution in [0.3, 0.4) is 0 Å². The van der Waals surface area contributed by atoms with Crippen LogP contribution in [0.25, 0.3) is 0 Å². The molecule has 3 rings (SSSR count). The zero-order valence-corrected chi connectivity index (χ0v) is 11.8. The van der Waals surface area contributed by atoms with Gasteiger partial charge in [-0.2, -0.15) is 0 Å². The Kier molecular flexibility index (Phi) is 4.09. The van der Waals surface area contributed by atoms with Gasteiger partial charge in [0.15, 0.2) is 23.1 Å². The molecule has 2 heterocycles. The zero-order chi connectivity index (χ0) is 15.4. The van der Waals surface area contributed by atoms with Crippen molar-refractivity contribution in [1.29, 1.82) is 0 Å². The Morgan fingerprint density at radius 1 is 0.909 bits per heavy atom. The predicted molar refractivity (Wildman–Crippen MR) is 77.4 cm³/mol. The monoisotopic (exact) mass is 298 g/mol. The predicted octanol–water partition coefficient (Wildman–Crippen LogP) is 2.09. The Morgan fingerprint density at radius 2 is 1.55 bits per heavy atom. The van der Waals surface area contributed by atoms with Crippen LogP contribution in [0.4, 0.5) is 0 Å². The summed E-state index contributed by atoms with van der Waals surface area (Å²) in [6, 6.07) is 5.06. The minimum Gasteiger partial charge on any atom is -0.486 e. The first kappa shape index (κ1) is 14.2. The van der Waals surface area contributed by atoms with E-state index in [9.17, 15) is 9.59 Å². The van der Waals surface area contributed by atoms with E-state index in [1.54, 1.807) is 18.2 Å². The molecule has 0 N–H and O–H groups in total. The number of fused-ring (bicyclic) bond motifs is 1. The number of aromatic nitrogens is 2. The summed E-state index contributed by atoms with van der Waals surface area (Å²) < 4.78 is 10.9. The highest BCUT2D eigenvalue weighted by molar-refractivity contribution is 6.02. The van der Waals surface area contributed by atoms with Crippen molar-refractivity contribution in [3.63, 3.8) is 0 Å². The number of nitrogens with zero attached hydrogens (tertiary/aromatic N) is 2. The Morgan fingerprint density at radius 3 is 2.27 bits per heavy atom. The molecule has 0 unspecified atom stereocenters. The number of carbonyl (C=O) groups excluding carboxylic acids is 2. The van der Waals surface area contributed by atoms with E-state index in [1.165, 1.54) is 18.7 Å². The molecule has 0 saturated heterocycles. The van der Waals surface area contributed by atoms with Gasteiger partial charge in [-0.05, 0) is 18.2 Å². The lowest BCUT2D eigenvalue weighted by atomic mass is 10.0. The average Bonchev–Trinajstić information content (AvgIpc) is 2.59. The number of carbonyl (C=O) groups is 2. The Balaban J connectivity index is 1.64. The van der Waals surface area contributed by atoms with E-state index < -0.39 is 0 Å². The lowest BCUT2D eigenvalue weighted by Gasteiger charge is -2.18. The van der Waals surface area contributed by atoms with E-state index in [-0.39, 0.29) is 24.4 Å². The van der Waals surface area contributed by atoms with Gasteiger partial charge in [0.25, 0.3) is 0 Å². The summed E-state index contributed by atoms with van der Waals surface area (Å²) >= 11 is 0. The average molecular weight is 298 g/mol. The molecule has 6 nitrogen and oxygen atoms in total. The van der Waals surface area contributed by atoms with Crippen LogP contribution in [-0.2, 0) is 0 Å². The molecule has 0 amide bonds. The Bertz CT molecular complexity index is 701. The van der Waals surface area contributed by atoms with Crippen molar-refractivity contribution in [2.45, 2.75) is 12.8 Å². The third kappa shape index (κ3) is 3.11. The number of ether oxygens (including phenoxy) is 2. The van der Waals surface area contributed by atoms with E-state index in [2.05, 4.69) is 9.97 Å². The summed E-state index contributed by atoms with van der Waals surface area (Å²) in [6.07, 6.45) is 4.51. The topological polar surface area (TPSA) is 78.4 Å². The van der Waals surface area contributed by atoms with Crippen LogP contribution < -0.4 is 9.47 Å². The van der Waals surface area contributed by atoms with Crippen molar-refractivity contribution in [2.24, 2.45) is 0 Å². The molecule has 1 aliphatic rings. The summed E-state index contributed by atoms with van der Waals surface area (Å²) in [5, 5.41) is 0. The summed E-state index contributed by atoms with van der Waals surface area (Å²) in [5.74, 6) is 0.953. The molecule has 0 saturated carbocycles. The quantitative estimate of drug-likeness (QED) is 0.786. The van der Waals surface area contributed by atoms with Crippen LogP contribution in [0.2, 0.25) is 0 Å². The number of ketones is 2. The first-order chi connectivity index (χ1) is 10.7. The van der Waals surface area contributed by atoms with Gasteiger partial charge in [0.2, 0.25) is 0 Å². The third-order valence-electron chi connectivity index (χ3n) is 3.33. The fraction of sp³-hybridized carbons (Fsp3) is 0.250. The van der Waals surface area contributed by atoms with Gasteiger partial charge < -0.3 is 9.47 Å². The Labute approximate surface area is 127 Å². The lowest BCUT2D eigenvalue weighted by Crippen LogP contribution is -2.16. The summed E-state index contributed by atoms with van der Waals surface area (Å²) in [6.45, 7) is 0.977. The van der Waals surface area contributed by atoms with Crippen molar-refractivity contribution < 1.29 is 19.1 Å². The van der Waals surface area contributed by atoms with E-state index in [0.717, 1.165) is 0 Å². The largest absolute Gasteiger partial charge is 0.486 e. The number of Topliss-reactive ketones (excluding diaryl/α,β-unsaturated/α-hetero) is 2. The van der Waals surface area contributed by atoms with Crippen LogP contribution in [0.5, 0.6) is 11.5 Å². The molecule has 0 fully saturated rings. The minimum atomic E-state index is -0.147. The van der Waals surface area contributed by atoms with E-state index in [0.29, 0.717) is 35.8 Å². The maximum Gasteiger partial charge on any atom is 0.166 e. The molecule has 112 valence electrons. The summed E-state index contributed by atoms with van der Waals surface area (Å²) in [7, 11) is 0. The third-order valence-corrected chi connectivity index (χ3v) is 3.33. The molecule has 0 atom stereocenters. The number of benzene rings is 1. The van der Waals surface area contributed by atoms with E-state index >= 15 is 0 Å². The molecule has 0 spiro atoms. The molecule has 1 aromatic carbocycles. The Hall–Kier alpha value is -2.76. The fourth-order valence-electron chi connectivity index (χ4n) is 2.18. The van der Waals surface area contributed by atoms with Crippen LogP contribution in [0.15, 0.2) is 36.9 Å². The first-order valence-electron chi connectivity index (χ1n) is 6.95. The van der Waals surface area contributed by atoms with Gasteiger partial charge in [0.05, 0.1) is 5.56 Å². The molecule has 0 radical (unpaired) electrons. The second-order valence-corrected chi connectivity index (χ2v) is 4.83. The van der Waals surface area contributed by atoms with Crippen LogP contribution >= 0.6 is 0 Å². The molecule has 1 aromatic heterocycles. The zero-order valence-electron chi connectivity index (χ0n) is 11.8. The minimum absolute atomic E-state index is 0.109. The summed E-state index contributed by atoms with van der Waals surface area (Å²) in [4.78, 5) is 31.7. The number of hydrogen-bond acceptors (Lipinski definition) is 6. The van der Waals surface area contributed by atoms with Gasteiger partial charge in [-0.25, -0.2) is 9.97 Å². The van der Waals surface area contributed by atoms with Gasteiger partial charge in [0, 0.05) is 30.8 Å². The van der Waals surface area contributed by atoms with Gasteiger partial charge >= 0.3 is 0 Å². The van der Waals surface area contributed by atoms with Crippen molar-refractivity contribution in [3.8, 4) is 11.5 Å². The number of hydrogen-bond donors (Lipinski definition) is 0. The maximum absolute atomic E-state index is 12.2. The SMILES string of the molecule is O=C(CCC(=O)c1ccc2c(c1)OCCO2)c1cncnc1. The van der Waals surface area contributed by atoms with Crippen molar-refractivity contribution in [1.82, 2.24) is 9.97 Å². The van der Waals surface area contributed by atoms with E-state index in [1.807, 2.05) is 0 Å². The standard InChI is InChI=1S/C16H14N2O4/c19-13(2-3-14(20)12-8-17-10-18-9-12)11-1-4-15-16(7-11)22-6-5-21-15/h1,4,7-10H,2-3,5-6H2. The number of rotatable bonds is 5. The fourth-order valence-corrected chi connectivity index (χ4v) is 2.18. The van der Waals surface area contributed by atoms with Crippen molar-refractivity contribution in [3.05, 3.63) is 48.0 Å². The van der Waals surface area contributed by atoms with Crippen LogP contribution in [-0.4, -0.2) is 34.7 Å². The van der Waals surface area contributed by atoms with Crippen molar-refractivity contribution in [2.75, 3.05) is 13.2 Å². The molecular formula is C16H14N2O4. The van der Waals surface area contributed by atoms with Gasteiger partial charge in [-0.1, -0.05) is 0 Å². The molecule has 2 aromatic rings. The molecule has 22 heavy (non-hydrogen) atoms. The molecule has 0 bridgehead atoms. The van der Waals surface area contributed by atoms with E-state index in [4.69, 9.17) is 9.47 Å². The molecule has 1 aliphatic heterocycles. The smallest absolute Gasteiger partial charge is 0.166 e. The van der Waals surface area contributed by atoms with Gasteiger partial charge in [-0.3, -0.25) is 9.59 Å². The molecular weight excluding hydrogens is 284 g/mol. The highest BCUT2D eigenvalue weighted by Crippen LogP contribution is 2.31. The maximum atomic E-state index is 12.2. The second kappa shape index (κ2) is 6.34. The van der Waals surface area contributed by atoms with Crippen molar-refractivity contribution >= 4 is 11.6 Å².